The maximum absolute atomic E-state index is 11.6. The Labute approximate surface area is 117 Å². The molecule has 0 aromatic heterocycles. The molecule has 0 aliphatic carbocycles. The van der Waals surface area contributed by atoms with Crippen molar-refractivity contribution in [1.82, 2.24) is 10.6 Å². The number of ether oxygens (including phenoxy) is 1. The van der Waals surface area contributed by atoms with Crippen LogP contribution in [0.25, 0.3) is 0 Å². The van der Waals surface area contributed by atoms with Crippen molar-refractivity contribution in [1.29, 1.82) is 0 Å². The summed E-state index contributed by atoms with van der Waals surface area (Å²) in [6.07, 6.45) is 4.22. The topological polar surface area (TPSA) is 87.7 Å². The van der Waals surface area contributed by atoms with Crippen LogP contribution < -0.4 is 10.6 Å². The average molecular weight is 290 g/mol. The molecular weight excluding hydrogens is 268 g/mol. The van der Waals surface area contributed by atoms with Crippen molar-refractivity contribution in [3.8, 4) is 0 Å². The van der Waals surface area contributed by atoms with E-state index in [1.54, 1.807) is 11.8 Å². The summed E-state index contributed by atoms with van der Waals surface area (Å²) >= 11 is 1.56. The first kappa shape index (κ1) is 16.1. The molecule has 1 saturated heterocycles. The third-order valence-electron chi connectivity index (χ3n) is 3.11. The fourth-order valence-electron chi connectivity index (χ4n) is 1.89. The quantitative estimate of drug-likeness (QED) is 0.649. The van der Waals surface area contributed by atoms with Crippen LogP contribution in [0.4, 0.5) is 4.79 Å². The molecule has 110 valence electrons. The Morgan fingerprint density at radius 1 is 1.42 bits per heavy atom. The molecule has 1 aliphatic rings. The second-order valence-electron chi connectivity index (χ2n) is 4.58. The lowest BCUT2D eigenvalue weighted by Gasteiger charge is -2.22. The highest BCUT2D eigenvalue weighted by molar-refractivity contribution is 7.98. The molecule has 6 nitrogen and oxygen atoms in total. The Bertz CT molecular complexity index is 295. The molecule has 1 atom stereocenters. The summed E-state index contributed by atoms with van der Waals surface area (Å²) in [4.78, 5) is 22.6. The summed E-state index contributed by atoms with van der Waals surface area (Å²) in [5, 5.41) is 14.2. The van der Waals surface area contributed by atoms with E-state index in [9.17, 15) is 9.59 Å². The fraction of sp³-hybridized carbons (Fsp3) is 0.833. The van der Waals surface area contributed by atoms with Crippen LogP contribution in [0.5, 0.6) is 0 Å². The van der Waals surface area contributed by atoms with Gasteiger partial charge in [-0.3, -0.25) is 0 Å². The molecule has 0 aromatic rings. The number of thioether (sulfide) groups is 1. The fourth-order valence-corrected chi connectivity index (χ4v) is 2.36. The number of nitrogens with one attached hydrogen (secondary N) is 2. The monoisotopic (exact) mass is 290 g/mol. The summed E-state index contributed by atoms with van der Waals surface area (Å²) in [6.45, 7) is 2.04. The minimum Gasteiger partial charge on any atom is -0.480 e. The summed E-state index contributed by atoms with van der Waals surface area (Å²) in [6, 6.07) is -1.22. The molecule has 0 bridgehead atoms. The van der Waals surface area contributed by atoms with Gasteiger partial charge in [-0.2, -0.15) is 11.8 Å². The number of aliphatic carboxylic acids is 1. The summed E-state index contributed by atoms with van der Waals surface area (Å²) in [5.74, 6) is 0.140. The van der Waals surface area contributed by atoms with E-state index < -0.39 is 18.0 Å². The van der Waals surface area contributed by atoms with E-state index in [0.29, 0.717) is 24.6 Å². The highest BCUT2D eigenvalue weighted by Crippen LogP contribution is 2.13. The van der Waals surface area contributed by atoms with E-state index >= 15 is 0 Å². The summed E-state index contributed by atoms with van der Waals surface area (Å²) in [7, 11) is 0. The number of carbonyl (C=O) groups excluding carboxylic acids is 1. The highest BCUT2D eigenvalue weighted by atomic mass is 32.2. The number of rotatable bonds is 7. The molecule has 3 N–H and O–H groups in total. The third kappa shape index (κ3) is 6.68. The van der Waals surface area contributed by atoms with Crippen LogP contribution in [-0.4, -0.2) is 54.9 Å². The van der Waals surface area contributed by atoms with Crippen molar-refractivity contribution in [2.24, 2.45) is 5.92 Å². The number of hydrogen-bond acceptors (Lipinski definition) is 4. The Hall–Kier alpha value is -0.950. The van der Waals surface area contributed by atoms with E-state index in [4.69, 9.17) is 9.84 Å². The molecule has 1 rings (SSSR count). The SMILES string of the molecule is CSCCC(NC(=O)NCC1CCOCC1)C(=O)O. The smallest absolute Gasteiger partial charge is 0.326 e. The van der Waals surface area contributed by atoms with Crippen LogP contribution in [0.2, 0.25) is 0 Å². The van der Waals surface area contributed by atoms with E-state index in [1.165, 1.54) is 0 Å². The average Bonchev–Trinajstić information content (AvgIpc) is 2.42. The van der Waals surface area contributed by atoms with Crippen molar-refractivity contribution in [3.63, 3.8) is 0 Å². The van der Waals surface area contributed by atoms with Gasteiger partial charge in [-0.25, -0.2) is 9.59 Å². The van der Waals surface area contributed by atoms with Gasteiger partial charge in [-0.15, -0.1) is 0 Å². The van der Waals surface area contributed by atoms with Crippen molar-refractivity contribution in [3.05, 3.63) is 0 Å². The van der Waals surface area contributed by atoms with Crippen LogP contribution in [0, 0.1) is 5.92 Å². The van der Waals surface area contributed by atoms with E-state index in [-0.39, 0.29) is 0 Å². The van der Waals surface area contributed by atoms with Crippen molar-refractivity contribution in [2.45, 2.75) is 25.3 Å². The Kier molecular flexibility index (Phi) is 7.66. The van der Waals surface area contributed by atoms with Crippen LogP contribution in [0.1, 0.15) is 19.3 Å². The van der Waals surface area contributed by atoms with Gasteiger partial charge in [-0.05, 0) is 37.2 Å². The Morgan fingerprint density at radius 2 is 2.11 bits per heavy atom. The second-order valence-corrected chi connectivity index (χ2v) is 5.57. The third-order valence-corrected chi connectivity index (χ3v) is 3.75. The zero-order valence-electron chi connectivity index (χ0n) is 11.2. The summed E-state index contributed by atoms with van der Waals surface area (Å²) in [5.41, 5.74) is 0. The maximum Gasteiger partial charge on any atom is 0.326 e. The van der Waals surface area contributed by atoms with Crippen LogP contribution >= 0.6 is 11.8 Å². The Morgan fingerprint density at radius 3 is 2.68 bits per heavy atom. The molecule has 0 aromatic carbocycles. The molecule has 2 amide bonds. The minimum absolute atomic E-state index is 0.403. The Balaban J connectivity index is 2.25. The molecule has 1 fully saturated rings. The number of amides is 2. The first-order valence-corrected chi connectivity index (χ1v) is 7.86. The zero-order chi connectivity index (χ0) is 14.1. The number of carboxylic acid groups (broad SMARTS) is 1. The molecule has 1 heterocycles. The molecule has 0 radical (unpaired) electrons. The summed E-state index contributed by atoms with van der Waals surface area (Å²) < 4.78 is 5.24. The lowest BCUT2D eigenvalue weighted by molar-refractivity contribution is -0.139. The van der Waals surface area contributed by atoms with Crippen molar-refractivity contribution < 1.29 is 19.4 Å². The van der Waals surface area contributed by atoms with Gasteiger partial charge in [0.2, 0.25) is 0 Å². The first-order valence-electron chi connectivity index (χ1n) is 6.47. The van der Waals surface area contributed by atoms with Crippen LogP contribution in [-0.2, 0) is 9.53 Å². The van der Waals surface area contributed by atoms with Gasteiger partial charge >= 0.3 is 12.0 Å². The molecule has 7 heteroatoms. The zero-order valence-corrected chi connectivity index (χ0v) is 12.0. The van der Waals surface area contributed by atoms with Gasteiger partial charge in [0.15, 0.2) is 0 Å². The number of carboxylic acids is 1. The first-order chi connectivity index (χ1) is 9.13. The maximum atomic E-state index is 11.6. The van der Waals surface area contributed by atoms with Gasteiger partial charge in [0.1, 0.15) is 6.04 Å². The van der Waals surface area contributed by atoms with Crippen molar-refractivity contribution >= 4 is 23.8 Å². The molecule has 19 heavy (non-hydrogen) atoms. The van der Waals surface area contributed by atoms with E-state index in [1.807, 2.05) is 6.26 Å². The molecular formula is C12H22N2O4S. The predicted molar refractivity (Wildman–Crippen MR) is 74.5 cm³/mol. The standard InChI is InChI=1S/C12H22N2O4S/c1-19-7-4-10(11(15)16)14-12(17)13-8-9-2-5-18-6-3-9/h9-10H,2-8H2,1H3,(H,15,16)(H2,13,14,17). The highest BCUT2D eigenvalue weighted by Gasteiger charge is 2.20. The lowest BCUT2D eigenvalue weighted by atomic mass is 10.0. The van der Waals surface area contributed by atoms with E-state index in [2.05, 4.69) is 10.6 Å². The minimum atomic E-state index is -0.990. The largest absolute Gasteiger partial charge is 0.480 e. The normalized spacial score (nSPS) is 17.7. The van der Waals surface area contributed by atoms with Crippen LogP contribution in [0.15, 0.2) is 0 Å². The number of hydrogen-bond donors (Lipinski definition) is 3. The second kappa shape index (κ2) is 9.03. The predicted octanol–water partition coefficient (Wildman–Crippen LogP) is 0.918. The van der Waals surface area contributed by atoms with Crippen LogP contribution in [0.3, 0.4) is 0 Å². The van der Waals surface area contributed by atoms with Gasteiger partial charge in [-0.1, -0.05) is 0 Å². The lowest BCUT2D eigenvalue weighted by Crippen LogP contribution is -2.47. The van der Waals surface area contributed by atoms with Gasteiger partial charge < -0.3 is 20.5 Å². The van der Waals surface area contributed by atoms with Gasteiger partial charge in [0, 0.05) is 19.8 Å². The molecule has 1 unspecified atom stereocenters. The molecule has 0 spiro atoms. The van der Waals surface area contributed by atoms with E-state index in [0.717, 1.165) is 26.1 Å². The van der Waals surface area contributed by atoms with Gasteiger partial charge in [0.05, 0.1) is 0 Å². The van der Waals surface area contributed by atoms with Crippen molar-refractivity contribution in [2.75, 3.05) is 31.8 Å². The number of urea groups is 1. The molecule has 1 aliphatic heterocycles. The van der Waals surface area contributed by atoms with Gasteiger partial charge in [0.25, 0.3) is 0 Å². The number of carbonyl (C=O) groups is 2. The molecule has 0 saturated carbocycles.